The van der Waals surface area contributed by atoms with Crippen LogP contribution in [0.15, 0.2) is 83.9 Å². The zero-order valence-corrected chi connectivity index (χ0v) is 13.9. The monoisotopic (exact) mass is 328 g/mol. The van der Waals surface area contributed by atoms with Gasteiger partial charge in [-0.1, -0.05) is 60.7 Å². The van der Waals surface area contributed by atoms with Crippen LogP contribution in [-0.2, 0) is 4.74 Å². The highest BCUT2D eigenvalue weighted by molar-refractivity contribution is 7.11. The van der Waals surface area contributed by atoms with Crippen LogP contribution in [0.4, 0.5) is 0 Å². The molecule has 0 spiro atoms. The van der Waals surface area contributed by atoms with Crippen molar-refractivity contribution in [2.45, 2.75) is 12.3 Å². The Morgan fingerprint density at radius 3 is 2.54 bits per heavy atom. The summed E-state index contributed by atoms with van der Waals surface area (Å²) in [4.78, 5) is 1.20. The Balaban J connectivity index is 1.63. The Morgan fingerprint density at radius 1 is 0.875 bits per heavy atom. The van der Waals surface area contributed by atoms with Crippen molar-refractivity contribution in [3.63, 3.8) is 0 Å². The van der Waals surface area contributed by atoms with E-state index in [4.69, 9.17) is 4.74 Å². The zero-order valence-electron chi connectivity index (χ0n) is 13.1. The van der Waals surface area contributed by atoms with E-state index in [1.165, 1.54) is 27.1 Å². The molecule has 5 rings (SSSR count). The van der Waals surface area contributed by atoms with E-state index in [2.05, 4.69) is 78.2 Å². The van der Waals surface area contributed by atoms with E-state index >= 15 is 0 Å². The molecule has 1 aromatic heterocycles. The zero-order chi connectivity index (χ0) is 15.9. The number of benzene rings is 2. The summed E-state index contributed by atoms with van der Waals surface area (Å²) in [6.45, 7) is 0. The number of fused-ring (bicyclic) bond motifs is 2. The van der Waals surface area contributed by atoms with Crippen molar-refractivity contribution in [1.29, 1.82) is 0 Å². The quantitative estimate of drug-likeness (QED) is 0.555. The van der Waals surface area contributed by atoms with Crippen LogP contribution in [0.3, 0.4) is 0 Å². The van der Waals surface area contributed by atoms with Gasteiger partial charge in [0.15, 0.2) is 0 Å². The maximum atomic E-state index is 6.46. The molecule has 2 heteroatoms. The lowest BCUT2D eigenvalue weighted by atomic mass is 9.92. The van der Waals surface area contributed by atoms with Gasteiger partial charge in [-0.15, -0.1) is 11.3 Å². The van der Waals surface area contributed by atoms with Gasteiger partial charge in [0.25, 0.3) is 0 Å². The molecule has 0 amide bonds. The van der Waals surface area contributed by atoms with Crippen LogP contribution < -0.4 is 0 Å². The Labute approximate surface area is 145 Å². The molecule has 0 bridgehead atoms. The van der Waals surface area contributed by atoms with Gasteiger partial charge in [-0.2, -0.15) is 0 Å². The highest BCUT2D eigenvalue weighted by Crippen LogP contribution is 2.50. The van der Waals surface area contributed by atoms with Gasteiger partial charge in [-0.25, -0.2) is 0 Å². The first kappa shape index (κ1) is 13.8. The molecule has 0 saturated heterocycles. The highest BCUT2D eigenvalue weighted by Gasteiger charge is 2.35. The highest BCUT2D eigenvalue weighted by atomic mass is 32.1. The molecule has 2 aliphatic rings. The number of ether oxygens (including phenoxy) is 1. The topological polar surface area (TPSA) is 9.23 Å². The van der Waals surface area contributed by atoms with Crippen LogP contribution in [0.1, 0.15) is 33.9 Å². The van der Waals surface area contributed by atoms with E-state index in [0.717, 1.165) is 17.9 Å². The van der Waals surface area contributed by atoms with Crippen molar-refractivity contribution >= 4 is 22.7 Å². The molecule has 1 atom stereocenters. The second kappa shape index (κ2) is 5.50. The van der Waals surface area contributed by atoms with Crippen LogP contribution in [0.2, 0.25) is 0 Å². The Hall–Kier alpha value is -2.58. The lowest BCUT2D eigenvalue weighted by molar-refractivity contribution is 0.358. The minimum absolute atomic E-state index is 0.195. The molecule has 0 radical (unpaired) electrons. The molecule has 0 N–H and O–H groups in total. The first-order valence-corrected chi connectivity index (χ1v) is 9.09. The van der Waals surface area contributed by atoms with Gasteiger partial charge in [-0.05, 0) is 40.6 Å². The van der Waals surface area contributed by atoms with E-state index in [0.29, 0.717) is 0 Å². The summed E-state index contributed by atoms with van der Waals surface area (Å²) < 4.78 is 6.46. The SMILES string of the molecule is C1=C(c2cccs2)OC2=C(C1)c1ccccc1C2c1ccccc1. The molecule has 1 nitrogen and oxygen atoms in total. The van der Waals surface area contributed by atoms with Crippen LogP contribution in [0, 0.1) is 0 Å². The predicted molar refractivity (Wildman–Crippen MR) is 99.6 cm³/mol. The molecular weight excluding hydrogens is 312 g/mol. The molecule has 2 heterocycles. The van der Waals surface area contributed by atoms with Crippen LogP contribution in [0.25, 0.3) is 11.3 Å². The van der Waals surface area contributed by atoms with Gasteiger partial charge in [0.2, 0.25) is 0 Å². The molecule has 0 saturated carbocycles. The van der Waals surface area contributed by atoms with Gasteiger partial charge in [0.05, 0.1) is 10.8 Å². The summed E-state index contributed by atoms with van der Waals surface area (Å²) in [5.74, 6) is 2.30. The third kappa shape index (κ3) is 2.07. The molecule has 1 aliphatic heterocycles. The third-order valence-electron chi connectivity index (χ3n) is 4.76. The normalized spacial score (nSPS) is 18.7. The van der Waals surface area contributed by atoms with E-state index in [1.807, 2.05) is 0 Å². The Bertz CT molecular complexity index is 949. The number of rotatable bonds is 2. The fourth-order valence-electron chi connectivity index (χ4n) is 3.70. The lowest BCUT2D eigenvalue weighted by Gasteiger charge is -2.22. The number of hydrogen-bond acceptors (Lipinski definition) is 2. The fraction of sp³-hybridized carbons (Fsp3) is 0.0909. The summed E-state index contributed by atoms with van der Waals surface area (Å²) in [7, 11) is 0. The second-order valence-corrected chi connectivity index (χ2v) is 7.07. The van der Waals surface area contributed by atoms with Crippen molar-refractivity contribution in [2.24, 2.45) is 0 Å². The van der Waals surface area contributed by atoms with Gasteiger partial charge >= 0.3 is 0 Å². The van der Waals surface area contributed by atoms with Crippen molar-refractivity contribution in [1.82, 2.24) is 0 Å². The van der Waals surface area contributed by atoms with Crippen LogP contribution >= 0.6 is 11.3 Å². The molecule has 0 fully saturated rings. The average Bonchev–Trinajstić information content (AvgIpc) is 3.28. The smallest absolute Gasteiger partial charge is 0.140 e. The first-order valence-electron chi connectivity index (χ1n) is 8.21. The van der Waals surface area contributed by atoms with Crippen molar-refractivity contribution < 1.29 is 4.74 Å². The van der Waals surface area contributed by atoms with E-state index in [9.17, 15) is 0 Å². The number of allylic oxidation sites excluding steroid dienone is 3. The molecule has 1 aliphatic carbocycles. The summed E-state index contributed by atoms with van der Waals surface area (Å²) in [5.41, 5.74) is 5.32. The van der Waals surface area contributed by atoms with Gasteiger partial charge in [0, 0.05) is 5.57 Å². The summed E-state index contributed by atoms with van der Waals surface area (Å²) >= 11 is 1.73. The van der Waals surface area contributed by atoms with Crippen LogP contribution in [-0.4, -0.2) is 0 Å². The maximum Gasteiger partial charge on any atom is 0.140 e. The summed E-state index contributed by atoms with van der Waals surface area (Å²) in [6.07, 6.45) is 3.15. The second-order valence-electron chi connectivity index (χ2n) is 6.13. The fourth-order valence-corrected chi connectivity index (χ4v) is 4.41. The Kier molecular flexibility index (Phi) is 3.17. The standard InChI is InChI=1S/C22H16OS/c1-2-7-15(8-3-1)21-17-10-5-4-9-16(17)18-12-13-19(23-22(18)21)20-11-6-14-24-20/h1-11,13-14,21H,12H2. The molecule has 2 aromatic carbocycles. The maximum absolute atomic E-state index is 6.46. The average molecular weight is 328 g/mol. The van der Waals surface area contributed by atoms with Gasteiger partial charge < -0.3 is 4.74 Å². The third-order valence-corrected chi connectivity index (χ3v) is 5.65. The largest absolute Gasteiger partial charge is 0.459 e. The molecule has 116 valence electrons. The van der Waals surface area contributed by atoms with Gasteiger partial charge in [-0.3, -0.25) is 0 Å². The van der Waals surface area contributed by atoms with Crippen LogP contribution in [0.5, 0.6) is 0 Å². The molecule has 3 aromatic rings. The summed E-state index contributed by atoms with van der Waals surface area (Å²) in [5, 5.41) is 2.10. The van der Waals surface area contributed by atoms with E-state index in [-0.39, 0.29) is 5.92 Å². The van der Waals surface area contributed by atoms with Crippen molar-refractivity contribution in [2.75, 3.05) is 0 Å². The molecule has 24 heavy (non-hydrogen) atoms. The number of thiophene rings is 1. The van der Waals surface area contributed by atoms with Crippen molar-refractivity contribution in [3.8, 4) is 0 Å². The summed E-state index contributed by atoms with van der Waals surface area (Å²) in [6, 6.07) is 23.6. The van der Waals surface area contributed by atoms with E-state index in [1.54, 1.807) is 11.3 Å². The first-order chi connectivity index (χ1) is 11.9. The minimum Gasteiger partial charge on any atom is -0.459 e. The predicted octanol–water partition coefficient (Wildman–Crippen LogP) is 6.07. The molecular formula is C22H16OS. The number of hydrogen-bond donors (Lipinski definition) is 0. The van der Waals surface area contributed by atoms with Gasteiger partial charge in [0.1, 0.15) is 11.5 Å². The van der Waals surface area contributed by atoms with E-state index < -0.39 is 0 Å². The molecule has 1 unspecified atom stereocenters. The lowest BCUT2D eigenvalue weighted by Crippen LogP contribution is -2.06. The Morgan fingerprint density at radius 2 is 1.71 bits per heavy atom. The van der Waals surface area contributed by atoms with Crippen molar-refractivity contribution in [3.05, 3.63) is 106 Å². The minimum atomic E-state index is 0.195.